The number of likely N-dealkylation sites (tertiary alicyclic amines) is 1. The van der Waals surface area contributed by atoms with Gasteiger partial charge in [-0.3, -0.25) is 24.6 Å². The van der Waals surface area contributed by atoms with E-state index in [2.05, 4.69) is 30.2 Å². The van der Waals surface area contributed by atoms with Crippen molar-refractivity contribution in [3.8, 4) is 11.6 Å². The van der Waals surface area contributed by atoms with Gasteiger partial charge in [-0.15, -0.1) is 0 Å². The van der Waals surface area contributed by atoms with Gasteiger partial charge in [0, 0.05) is 41.1 Å². The maximum absolute atomic E-state index is 13.4. The van der Waals surface area contributed by atoms with Crippen LogP contribution >= 0.6 is 0 Å². The lowest BCUT2D eigenvalue weighted by Gasteiger charge is -2.36. The number of aromatic nitrogens is 4. The number of aromatic amines is 2. The summed E-state index contributed by atoms with van der Waals surface area (Å²) in [4.78, 5) is 41.5. The molecule has 1 aliphatic heterocycles. The first kappa shape index (κ1) is 28.2. The largest absolute Gasteiger partial charge is 0.493 e. The van der Waals surface area contributed by atoms with E-state index < -0.39 is 11.7 Å². The molecule has 5 aromatic rings. The number of piperidine rings is 1. The number of benzene rings is 2. The number of nitrogens with zero attached hydrogens (tertiary/aromatic N) is 3. The molecule has 43 heavy (non-hydrogen) atoms. The Bertz CT molecular complexity index is 1760. The minimum atomic E-state index is -0.561. The topological polar surface area (TPSA) is 136 Å². The van der Waals surface area contributed by atoms with Crippen LogP contribution in [0.15, 0.2) is 83.9 Å². The molecule has 4 N–H and O–H groups in total. The number of carbonyl (C=O) groups excluding carboxylic acids is 1. The zero-order valence-electron chi connectivity index (χ0n) is 23.9. The van der Waals surface area contributed by atoms with E-state index in [-0.39, 0.29) is 17.7 Å². The lowest BCUT2D eigenvalue weighted by atomic mass is 9.87. The first-order chi connectivity index (χ1) is 20.9. The Morgan fingerprint density at radius 3 is 2.53 bits per heavy atom. The predicted octanol–water partition coefficient (Wildman–Crippen LogP) is 4.62. The first-order valence-electron chi connectivity index (χ1n) is 14.4. The number of nitrogens with one attached hydrogen (secondary N) is 3. The molecule has 1 atom stereocenters. The maximum atomic E-state index is 13.4. The van der Waals surface area contributed by atoms with E-state index in [0.717, 1.165) is 54.6 Å². The van der Waals surface area contributed by atoms with Gasteiger partial charge in [0.25, 0.3) is 5.91 Å². The molecule has 10 heteroatoms. The third-order valence-electron chi connectivity index (χ3n) is 8.03. The fraction of sp³-hybridized carbons (Fsp3) is 0.273. The number of aromatic hydroxyl groups is 1. The molecule has 3 aromatic heterocycles. The van der Waals surface area contributed by atoms with Crippen LogP contribution in [0.5, 0.6) is 11.6 Å². The number of aryl methyl sites for hydroxylation is 1. The van der Waals surface area contributed by atoms with E-state index in [1.165, 1.54) is 5.56 Å². The van der Waals surface area contributed by atoms with Gasteiger partial charge in [0.1, 0.15) is 18.1 Å². The highest BCUT2D eigenvalue weighted by Gasteiger charge is 2.32. The van der Waals surface area contributed by atoms with E-state index in [1.54, 1.807) is 36.7 Å². The number of fused-ring (bicyclic) bond motifs is 1. The number of hydrogen-bond acceptors (Lipinski definition) is 7. The van der Waals surface area contributed by atoms with E-state index in [0.29, 0.717) is 23.6 Å². The Morgan fingerprint density at radius 1 is 1.07 bits per heavy atom. The van der Waals surface area contributed by atoms with E-state index in [4.69, 9.17) is 4.74 Å². The number of hydrogen-bond donors (Lipinski definition) is 4. The summed E-state index contributed by atoms with van der Waals surface area (Å²) in [5.74, 6) is 0.113. The van der Waals surface area contributed by atoms with Gasteiger partial charge in [-0.2, -0.15) is 0 Å². The number of H-pyrrole nitrogens is 2. The van der Waals surface area contributed by atoms with Crippen LogP contribution in [0.1, 0.15) is 51.8 Å². The summed E-state index contributed by atoms with van der Waals surface area (Å²) in [5.41, 5.74) is 4.33. The summed E-state index contributed by atoms with van der Waals surface area (Å²) < 4.78 is 6.06. The van der Waals surface area contributed by atoms with Crippen molar-refractivity contribution in [3.63, 3.8) is 0 Å². The highest BCUT2D eigenvalue weighted by Crippen LogP contribution is 2.33. The number of imidazole rings is 1. The molecule has 0 aliphatic carbocycles. The second-order valence-corrected chi connectivity index (χ2v) is 11.0. The molecule has 1 aliphatic rings. The summed E-state index contributed by atoms with van der Waals surface area (Å²) in [7, 11) is 0. The van der Waals surface area contributed by atoms with Crippen LogP contribution in [0.3, 0.4) is 0 Å². The van der Waals surface area contributed by atoms with E-state index in [9.17, 15) is 14.7 Å². The number of carbonyl (C=O) groups is 1. The number of para-hydroxylation sites is 1. The van der Waals surface area contributed by atoms with Crippen molar-refractivity contribution in [2.75, 3.05) is 13.1 Å². The van der Waals surface area contributed by atoms with Gasteiger partial charge in [0.05, 0.1) is 11.6 Å². The molecule has 4 heterocycles. The lowest BCUT2D eigenvalue weighted by molar-refractivity contribution is 0.0887. The van der Waals surface area contributed by atoms with Gasteiger partial charge in [0.2, 0.25) is 5.88 Å². The third-order valence-corrected chi connectivity index (χ3v) is 8.03. The molecule has 0 bridgehead atoms. The minimum absolute atomic E-state index is 0.0243. The molecule has 6 rings (SSSR count). The van der Waals surface area contributed by atoms with Crippen LogP contribution in [-0.4, -0.2) is 48.9 Å². The van der Waals surface area contributed by atoms with Crippen molar-refractivity contribution in [2.45, 2.75) is 39.0 Å². The standard InChI is InChI=1S/C33H34N6O4/c1-21-18-25(27-4-2-3-5-28(27)35-21)20-43-26-8-6-24(7-9-26)31(40)36-29(30-32(41)38-33(42)37-30)23-12-16-39(17-13-23)19-22-10-14-34-15-11-22/h2-11,14-15,18,23,29,41H,12-13,16-17,19-20H2,1H3,(H,36,40)(H2,37,38,42). The molecule has 1 unspecified atom stereocenters. The van der Waals surface area contributed by atoms with Gasteiger partial charge in [-0.05, 0) is 92.9 Å². The van der Waals surface area contributed by atoms with Crippen LogP contribution in [0.25, 0.3) is 10.9 Å². The SMILES string of the molecule is Cc1cc(COc2ccc(C(=O)NC(c3[nH]c(=O)[nH]c3O)C3CCN(Cc4ccncc4)CC3)cc2)c2ccccc2n1. The third kappa shape index (κ3) is 6.60. The molecule has 10 nitrogen and oxygen atoms in total. The molecule has 1 saturated heterocycles. The molecule has 0 saturated carbocycles. The zero-order valence-corrected chi connectivity index (χ0v) is 23.9. The van der Waals surface area contributed by atoms with Gasteiger partial charge in [-0.1, -0.05) is 18.2 Å². The number of rotatable bonds is 9. The number of amides is 1. The first-order valence-corrected chi connectivity index (χ1v) is 14.4. The minimum Gasteiger partial charge on any atom is -0.493 e. The van der Waals surface area contributed by atoms with Gasteiger partial charge in [-0.25, -0.2) is 4.79 Å². The molecule has 220 valence electrons. The monoisotopic (exact) mass is 578 g/mol. The van der Waals surface area contributed by atoms with Gasteiger partial charge in [0.15, 0.2) is 0 Å². The quantitative estimate of drug-likeness (QED) is 0.200. The lowest BCUT2D eigenvalue weighted by Crippen LogP contribution is -2.40. The van der Waals surface area contributed by atoms with Crippen LogP contribution in [-0.2, 0) is 13.2 Å². The van der Waals surface area contributed by atoms with Crippen LogP contribution in [0, 0.1) is 12.8 Å². The van der Waals surface area contributed by atoms with Crippen molar-refractivity contribution in [2.24, 2.45) is 5.92 Å². The predicted molar refractivity (Wildman–Crippen MR) is 163 cm³/mol. The molecule has 2 aromatic carbocycles. The molecule has 0 spiro atoms. The molecule has 1 amide bonds. The summed E-state index contributed by atoms with van der Waals surface area (Å²) in [6.45, 7) is 4.81. The summed E-state index contributed by atoms with van der Waals surface area (Å²) in [5, 5.41) is 14.6. The fourth-order valence-electron chi connectivity index (χ4n) is 5.83. The smallest absolute Gasteiger partial charge is 0.326 e. The van der Waals surface area contributed by atoms with Crippen LogP contribution < -0.4 is 15.7 Å². The Balaban J connectivity index is 1.12. The Morgan fingerprint density at radius 2 is 1.81 bits per heavy atom. The van der Waals surface area contributed by atoms with Crippen molar-refractivity contribution in [3.05, 3.63) is 118 Å². The van der Waals surface area contributed by atoms with Crippen molar-refractivity contribution >= 4 is 16.8 Å². The average molecular weight is 579 g/mol. The Labute approximate surface area is 248 Å². The van der Waals surface area contributed by atoms with E-state index in [1.807, 2.05) is 49.4 Å². The molecule has 0 radical (unpaired) electrons. The van der Waals surface area contributed by atoms with Crippen LogP contribution in [0.2, 0.25) is 0 Å². The average Bonchev–Trinajstić information content (AvgIpc) is 3.36. The van der Waals surface area contributed by atoms with E-state index >= 15 is 0 Å². The summed E-state index contributed by atoms with van der Waals surface area (Å²) in [6.07, 6.45) is 5.17. The van der Waals surface area contributed by atoms with Gasteiger partial charge < -0.3 is 20.1 Å². The highest BCUT2D eigenvalue weighted by molar-refractivity contribution is 5.94. The summed E-state index contributed by atoms with van der Waals surface area (Å²) >= 11 is 0. The van der Waals surface area contributed by atoms with Crippen molar-refractivity contribution in [1.29, 1.82) is 0 Å². The second-order valence-electron chi connectivity index (χ2n) is 11.0. The Kier molecular flexibility index (Phi) is 8.19. The molecular formula is C33H34N6O4. The highest BCUT2D eigenvalue weighted by atomic mass is 16.5. The fourth-order valence-corrected chi connectivity index (χ4v) is 5.83. The van der Waals surface area contributed by atoms with Crippen molar-refractivity contribution < 1.29 is 14.6 Å². The van der Waals surface area contributed by atoms with Crippen LogP contribution in [0.4, 0.5) is 0 Å². The number of ether oxygens (including phenoxy) is 1. The summed E-state index contributed by atoms with van der Waals surface area (Å²) in [6, 6.07) is 20.4. The van der Waals surface area contributed by atoms with Crippen molar-refractivity contribution in [1.82, 2.24) is 30.2 Å². The Hall–Kier alpha value is -4.96. The normalized spacial score (nSPS) is 14.9. The van der Waals surface area contributed by atoms with Gasteiger partial charge >= 0.3 is 5.69 Å². The zero-order chi connectivity index (χ0) is 29.8. The number of pyridine rings is 2. The maximum Gasteiger partial charge on any atom is 0.326 e. The molecule has 1 fully saturated rings. The molecular weight excluding hydrogens is 544 g/mol. The second kappa shape index (κ2) is 12.5.